The number of amidine groups is 1. The fraction of sp³-hybridized carbons (Fsp3) is 0.533. The Bertz CT molecular complexity index is 545. The molecule has 21 heavy (non-hydrogen) atoms. The van der Waals surface area contributed by atoms with Gasteiger partial charge in [0, 0.05) is 30.1 Å². The summed E-state index contributed by atoms with van der Waals surface area (Å²) in [6, 6.07) is 1.90. The van der Waals surface area contributed by atoms with E-state index in [1.807, 2.05) is 0 Å². The summed E-state index contributed by atoms with van der Waals surface area (Å²) in [7, 11) is 0. The third kappa shape index (κ3) is 3.20. The highest BCUT2D eigenvalue weighted by molar-refractivity contribution is 8.14. The maximum Gasteiger partial charge on any atom is 0.194 e. The van der Waals surface area contributed by atoms with E-state index in [0.717, 1.165) is 24.4 Å². The van der Waals surface area contributed by atoms with Crippen LogP contribution in [-0.2, 0) is 0 Å². The van der Waals surface area contributed by atoms with Gasteiger partial charge in [-0.1, -0.05) is 31.0 Å². The number of benzene rings is 1. The number of halogens is 3. The van der Waals surface area contributed by atoms with Gasteiger partial charge in [0.15, 0.2) is 22.6 Å². The van der Waals surface area contributed by atoms with Gasteiger partial charge in [-0.05, 0) is 18.3 Å². The van der Waals surface area contributed by atoms with Crippen LogP contribution in [0.1, 0.15) is 32.1 Å². The Hall–Kier alpha value is -1.17. The van der Waals surface area contributed by atoms with Gasteiger partial charge < -0.3 is 5.32 Å². The predicted octanol–water partition coefficient (Wildman–Crippen LogP) is 4.57. The molecular formula is C15H17F3N2S. The van der Waals surface area contributed by atoms with Crippen LogP contribution >= 0.6 is 11.8 Å². The van der Waals surface area contributed by atoms with Crippen molar-refractivity contribution in [1.82, 2.24) is 0 Å². The van der Waals surface area contributed by atoms with Crippen LogP contribution in [0.3, 0.4) is 0 Å². The van der Waals surface area contributed by atoms with E-state index in [0.29, 0.717) is 10.6 Å². The lowest BCUT2D eigenvalue weighted by molar-refractivity contribution is 0.232. The van der Waals surface area contributed by atoms with Crippen molar-refractivity contribution in [2.45, 2.75) is 32.1 Å². The molecule has 1 heterocycles. The first-order valence-corrected chi connectivity index (χ1v) is 8.15. The third-order valence-corrected chi connectivity index (χ3v) is 5.48. The molecule has 6 heteroatoms. The van der Waals surface area contributed by atoms with Gasteiger partial charge in [0.2, 0.25) is 0 Å². The van der Waals surface area contributed by atoms with Gasteiger partial charge in [-0.2, -0.15) is 0 Å². The van der Waals surface area contributed by atoms with Crippen molar-refractivity contribution in [3.8, 4) is 0 Å². The fourth-order valence-electron chi connectivity index (χ4n) is 2.98. The van der Waals surface area contributed by atoms with Crippen molar-refractivity contribution in [2.75, 3.05) is 17.6 Å². The molecule has 0 amide bonds. The Balaban J connectivity index is 1.69. The first-order chi connectivity index (χ1) is 10.1. The molecule has 2 nitrogen and oxygen atoms in total. The van der Waals surface area contributed by atoms with Gasteiger partial charge in [-0.15, -0.1) is 0 Å². The predicted molar refractivity (Wildman–Crippen MR) is 80.2 cm³/mol. The molecule has 0 aromatic heterocycles. The number of nitrogens with zero attached hydrogens (tertiary/aromatic N) is 1. The molecule has 114 valence electrons. The number of thioether (sulfide) groups is 1. The van der Waals surface area contributed by atoms with Gasteiger partial charge in [-0.3, -0.25) is 4.99 Å². The number of aliphatic imine (C=N–C) groups is 1. The lowest BCUT2D eigenvalue weighted by Crippen LogP contribution is -2.35. The molecule has 1 aliphatic heterocycles. The van der Waals surface area contributed by atoms with E-state index in [2.05, 4.69) is 10.3 Å². The van der Waals surface area contributed by atoms with Gasteiger partial charge in [-0.25, -0.2) is 13.2 Å². The summed E-state index contributed by atoms with van der Waals surface area (Å²) in [6.45, 7) is 0.758. The van der Waals surface area contributed by atoms with Crippen LogP contribution in [0.2, 0.25) is 0 Å². The SMILES string of the molecule is Fc1cc(NC2=NCC3(CCCCC3)CS2)cc(F)c1F. The second-order valence-corrected chi connectivity index (χ2v) is 6.81. The van der Waals surface area contributed by atoms with Crippen molar-refractivity contribution in [3.05, 3.63) is 29.6 Å². The molecular weight excluding hydrogens is 297 g/mol. The summed E-state index contributed by atoms with van der Waals surface area (Å²) in [5.41, 5.74) is 0.491. The van der Waals surface area contributed by atoms with Crippen molar-refractivity contribution >= 4 is 22.6 Å². The largest absolute Gasteiger partial charge is 0.335 e. The van der Waals surface area contributed by atoms with Gasteiger partial charge in [0.05, 0.1) is 0 Å². The molecule has 0 radical (unpaired) electrons. The fourth-order valence-corrected chi connectivity index (χ4v) is 4.15. The number of nitrogens with one attached hydrogen (secondary N) is 1. The van der Waals surface area contributed by atoms with E-state index < -0.39 is 17.5 Å². The Kier molecular flexibility index (Phi) is 4.15. The summed E-state index contributed by atoms with van der Waals surface area (Å²) >= 11 is 1.58. The Labute approximate surface area is 126 Å². The molecule has 1 N–H and O–H groups in total. The molecule has 0 unspecified atom stereocenters. The van der Waals surface area contributed by atoms with Crippen LogP contribution in [0.15, 0.2) is 17.1 Å². The first-order valence-electron chi connectivity index (χ1n) is 7.17. The number of anilines is 1. The molecule has 0 bridgehead atoms. The third-order valence-electron chi connectivity index (χ3n) is 4.22. The molecule has 1 aromatic carbocycles. The van der Waals surface area contributed by atoms with Crippen LogP contribution in [-0.4, -0.2) is 17.5 Å². The monoisotopic (exact) mass is 314 g/mol. The van der Waals surface area contributed by atoms with Crippen molar-refractivity contribution in [1.29, 1.82) is 0 Å². The van der Waals surface area contributed by atoms with Gasteiger partial charge >= 0.3 is 0 Å². The topological polar surface area (TPSA) is 24.4 Å². The quantitative estimate of drug-likeness (QED) is 0.768. The van der Waals surface area contributed by atoms with Crippen molar-refractivity contribution in [3.63, 3.8) is 0 Å². The lowest BCUT2D eigenvalue weighted by atomic mass is 9.75. The number of hydrogen-bond acceptors (Lipinski definition) is 3. The summed E-state index contributed by atoms with van der Waals surface area (Å²) in [5, 5.41) is 3.53. The zero-order valence-corrected chi connectivity index (χ0v) is 12.4. The molecule has 1 spiro atoms. The minimum absolute atomic E-state index is 0.192. The molecule has 3 rings (SSSR count). The molecule has 1 aromatic rings. The van der Waals surface area contributed by atoms with E-state index in [1.165, 1.54) is 32.1 Å². The molecule has 1 saturated carbocycles. The maximum absolute atomic E-state index is 13.2. The summed E-state index contributed by atoms with van der Waals surface area (Å²) in [4.78, 5) is 4.51. The highest BCUT2D eigenvalue weighted by Gasteiger charge is 2.34. The second-order valence-electron chi connectivity index (χ2n) is 5.85. The summed E-state index contributed by atoms with van der Waals surface area (Å²) < 4.78 is 39.3. The maximum atomic E-state index is 13.2. The van der Waals surface area contributed by atoms with Crippen molar-refractivity contribution in [2.24, 2.45) is 10.4 Å². The van der Waals surface area contributed by atoms with Gasteiger partial charge in [0.1, 0.15) is 0 Å². The lowest BCUT2D eigenvalue weighted by Gasteiger charge is -2.38. The highest BCUT2D eigenvalue weighted by Crippen LogP contribution is 2.42. The molecule has 2 aliphatic rings. The van der Waals surface area contributed by atoms with Crippen LogP contribution in [0, 0.1) is 22.9 Å². The number of hydrogen-bond donors (Lipinski definition) is 1. The zero-order chi connectivity index (χ0) is 14.9. The Morgan fingerprint density at radius 3 is 2.29 bits per heavy atom. The second kappa shape index (κ2) is 5.91. The van der Waals surface area contributed by atoms with Crippen molar-refractivity contribution < 1.29 is 13.2 Å². The van der Waals surface area contributed by atoms with Crippen LogP contribution in [0.4, 0.5) is 18.9 Å². The van der Waals surface area contributed by atoms with E-state index in [1.54, 1.807) is 11.8 Å². The average Bonchev–Trinajstić information content (AvgIpc) is 2.48. The van der Waals surface area contributed by atoms with E-state index in [-0.39, 0.29) is 5.69 Å². The molecule has 0 saturated heterocycles. The minimum Gasteiger partial charge on any atom is -0.335 e. The van der Waals surface area contributed by atoms with Crippen LogP contribution < -0.4 is 5.32 Å². The standard InChI is InChI=1S/C15H17F3N2S/c16-11-6-10(7-12(17)13(11)18)20-14-19-8-15(9-21-14)4-2-1-3-5-15/h6-7H,1-5,8-9H2,(H,19,20). The average molecular weight is 314 g/mol. The Morgan fingerprint density at radius 2 is 1.71 bits per heavy atom. The van der Waals surface area contributed by atoms with E-state index >= 15 is 0 Å². The molecule has 1 aliphatic carbocycles. The Morgan fingerprint density at radius 1 is 1.05 bits per heavy atom. The van der Waals surface area contributed by atoms with Crippen LogP contribution in [0.5, 0.6) is 0 Å². The van der Waals surface area contributed by atoms with E-state index in [9.17, 15) is 13.2 Å². The van der Waals surface area contributed by atoms with Crippen LogP contribution in [0.25, 0.3) is 0 Å². The first kappa shape index (κ1) is 14.8. The summed E-state index contributed by atoms with van der Waals surface area (Å²) in [5.74, 6) is -2.85. The molecule has 1 fully saturated rings. The highest BCUT2D eigenvalue weighted by atomic mass is 32.2. The smallest absolute Gasteiger partial charge is 0.194 e. The minimum atomic E-state index is -1.44. The normalized spacial score (nSPS) is 21.2. The van der Waals surface area contributed by atoms with E-state index in [4.69, 9.17) is 0 Å². The molecule has 0 atom stereocenters. The summed E-state index contributed by atoms with van der Waals surface area (Å²) in [6.07, 6.45) is 6.23. The zero-order valence-electron chi connectivity index (χ0n) is 11.6. The van der Waals surface area contributed by atoms with Gasteiger partial charge in [0.25, 0.3) is 0 Å². The number of rotatable bonds is 1.